The maximum Gasteiger partial charge on any atom is 0.331 e. The van der Waals surface area contributed by atoms with Gasteiger partial charge < -0.3 is 19.7 Å². The minimum atomic E-state index is -0.773. The molecule has 1 aromatic carbocycles. The number of aromatic hydroxyl groups is 1. The molecule has 0 heterocycles. The highest BCUT2D eigenvalue weighted by atomic mass is 16.6. The summed E-state index contributed by atoms with van der Waals surface area (Å²) in [7, 11) is 1.49. The van der Waals surface area contributed by atoms with Crippen molar-refractivity contribution in [1.29, 1.82) is 0 Å². The Morgan fingerprint density at radius 3 is 2.36 bits per heavy atom. The van der Waals surface area contributed by atoms with Gasteiger partial charge in [-0.15, -0.1) is 0 Å². The Kier molecular flexibility index (Phi) is 8.38. The Balaban J connectivity index is 1.27. The summed E-state index contributed by atoms with van der Waals surface area (Å²) >= 11 is 0. The van der Waals surface area contributed by atoms with Gasteiger partial charge in [0.15, 0.2) is 11.5 Å². The molecular formula is C41H58O6. The van der Waals surface area contributed by atoms with Gasteiger partial charge >= 0.3 is 5.97 Å². The average molecular weight is 647 g/mol. The molecule has 0 spiro atoms. The van der Waals surface area contributed by atoms with Crippen molar-refractivity contribution in [2.24, 2.45) is 56.7 Å². The quantitative estimate of drug-likeness (QED) is 0.189. The fourth-order valence-electron chi connectivity index (χ4n) is 12.6. The molecule has 0 aromatic heterocycles. The summed E-state index contributed by atoms with van der Waals surface area (Å²) in [5, 5.41) is 21.9. The number of hydrogen-bond acceptors (Lipinski definition) is 6. The monoisotopic (exact) mass is 646 g/mol. The Morgan fingerprint density at radius 2 is 1.70 bits per heavy atom. The third kappa shape index (κ3) is 4.88. The summed E-state index contributed by atoms with van der Waals surface area (Å²) in [6.45, 7) is 18.5. The second kappa shape index (κ2) is 11.5. The van der Waals surface area contributed by atoms with E-state index >= 15 is 0 Å². The molecule has 2 unspecified atom stereocenters. The van der Waals surface area contributed by atoms with Gasteiger partial charge in [-0.2, -0.15) is 0 Å². The van der Waals surface area contributed by atoms with Crippen molar-refractivity contribution < 1.29 is 29.3 Å². The highest BCUT2D eigenvalue weighted by Gasteiger charge is 2.70. The van der Waals surface area contributed by atoms with Crippen molar-refractivity contribution in [2.75, 3.05) is 7.11 Å². The molecule has 0 bridgehead atoms. The first kappa shape index (κ1) is 34.3. The lowest BCUT2D eigenvalue weighted by Crippen LogP contribution is -2.67. The summed E-state index contributed by atoms with van der Waals surface area (Å²) in [6.07, 6.45) is 12.1. The number of benzene rings is 1. The fourth-order valence-corrected chi connectivity index (χ4v) is 12.6. The van der Waals surface area contributed by atoms with Crippen molar-refractivity contribution >= 4 is 17.8 Å². The number of ether oxygens (including phenoxy) is 2. The number of rotatable bonds is 5. The van der Waals surface area contributed by atoms with Gasteiger partial charge in [-0.1, -0.05) is 66.2 Å². The Bertz CT molecular complexity index is 1490. The van der Waals surface area contributed by atoms with Crippen LogP contribution in [-0.2, 0) is 14.3 Å². The van der Waals surface area contributed by atoms with Crippen LogP contribution in [0.4, 0.5) is 0 Å². The van der Waals surface area contributed by atoms with E-state index in [0.717, 1.165) is 44.9 Å². The number of allylic oxidation sites excluding steroid dienone is 2. The second-order valence-electron chi connectivity index (χ2n) is 17.6. The van der Waals surface area contributed by atoms with E-state index in [1.165, 1.54) is 13.2 Å². The Labute approximate surface area is 282 Å². The zero-order valence-corrected chi connectivity index (χ0v) is 30.2. The van der Waals surface area contributed by atoms with E-state index in [-0.39, 0.29) is 33.3 Å². The molecule has 5 aliphatic carbocycles. The van der Waals surface area contributed by atoms with Crippen molar-refractivity contribution in [3.05, 3.63) is 41.5 Å². The van der Waals surface area contributed by atoms with E-state index < -0.39 is 23.6 Å². The van der Waals surface area contributed by atoms with E-state index in [4.69, 9.17) is 9.47 Å². The van der Waals surface area contributed by atoms with E-state index in [1.54, 1.807) is 29.8 Å². The number of Topliss-reactive ketones (excluding diaryl/α,β-unsaturated/α-hetero) is 1. The molecular weight excluding hydrogens is 588 g/mol. The van der Waals surface area contributed by atoms with Crippen molar-refractivity contribution in [3.63, 3.8) is 0 Å². The predicted molar refractivity (Wildman–Crippen MR) is 185 cm³/mol. The van der Waals surface area contributed by atoms with Crippen LogP contribution in [0.15, 0.2) is 35.9 Å². The molecule has 4 fully saturated rings. The van der Waals surface area contributed by atoms with Crippen LogP contribution >= 0.6 is 0 Å². The fraction of sp³-hybridized carbons (Fsp3) is 0.707. The average Bonchev–Trinajstić information content (AvgIpc) is 3.00. The van der Waals surface area contributed by atoms with Gasteiger partial charge in [0.25, 0.3) is 0 Å². The molecule has 4 saturated carbocycles. The third-order valence-corrected chi connectivity index (χ3v) is 15.4. The maximum atomic E-state index is 13.4. The highest BCUT2D eigenvalue weighted by molar-refractivity contribution is 5.87. The molecule has 0 radical (unpaired) electrons. The van der Waals surface area contributed by atoms with Crippen LogP contribution in [0.2, 0.25) is 0 Å². The molecule has 6 nitrogen and oxygen atoms in total. The number of fused-ring (bicyclic) bond motifs is 7. The van der Waals surface area contributed by atoms with Gasteiger partial charge in [-0.05, 0) is 128 Å². The molecule has 0 amide bonds. The summed E-state index contributed by atoms with van der Waals surface area (Å²) in [6, 6.07) is 4.96. The first-order chi connectivity index (χ1) is 22.0. The summed E-state index contributed by atoms with van der Waals surface area (Å²) in [5.74, 6) is 2.35. The molecule has 11 atom stereocenters. The largest absolute Gasteiger partial charge is 0.504 e. The summed E-state index contributed by atoms with van der Waals surface area (Å²) in [4.78, 5) is 26.6. The molecule has 0 saturated heterocycles. The molecule has 6 heteroatoms. The highest BCUT2D eigenvalue weighted by Crippen LogP contribution is 2.76. The zero-order chi connectivity index (χ0) is 34.3. The molecule has 47 heavy (non-hydrogen) atoms. The lowest BCUT2D eigenvalue weighted by Gasteiger charge is -2.71. The normalized spacial score (nSPS) is 43.9. The smallest absolute Gasteiger partial charge is 0.331 e. The van der Waals surface area contributed by atoms with Crippen molar-refractivity contribution in [1.82, 2.24) is 0 Å². The van der Waals surface area contributed by atoms with Gasteiger partial charge in [0.1, 0.15) is 11.9 Å². The Morgan fingerprint density at radius 1 is 0.979 bits per heavy atom. The topological polar surface area (TPSA) is 93.1 Å². The lowest BCUT2D eigenvalue weighted by atomic mass is 9.33. The number of hydrogen-bond donors (Lipinski definition) is 2. The van der Waals surface area contributed by atoms with Crippen molar-refractivity contribution in [3.8, 4) is 11.5 Å². The molecule has 0 aliphatic heterocycles. The van der Waals surface area contributed by atoms with E-state index in [9.17, 15) is 19.8 Å². The number of methoxy groups -OCH3 is 1. The third-order valence-electron chi connectivity index (χ3n) is 15.4. The molecule has 6 rings (SSSR count). The number of phenolic OH excluding ortho intramolecular Hbond substituents is 1. The van der Waals surface area contributed by atoms with E-state index in [1.807, 2.05) is 6.92 Å². The second-order valence-corrected chi connectivity index (χ2v) is 17.6. The molecule has 1 aromatic rings. The number of esters is 1. The van der Waals surface area contributed by atoms with Crippen LogP contribution < -0.4 is 4.74 Å². The van der Waals surface area contributed by atoms with Crippen LogP contribution in [0.3, 0.4) is 0 Å². The van der Waals surface area contributed by atoms with E-state index in [2.05, 4.69) is 54.5 Å². The molecule has 2 N–H and O–H groups in total. The van der Waals surface area contributed by atoms with Crippen LogP contribution in [0.5, 0.6) is 11.5 Å². The first-order valence-electron chi connectivity index (χ1n) is 18.1. The van der Waals surface area contributed by atoms with Crippen LogP contribution in [0.25, 0.3) is 6.08 Å². The molecule has 258 valence electrons. The van der Waals surface area contributed by atoms with Gasteiger partial charge in [-0.3, -0.25) is 4.79 Å². The van der Waals surface area contributed by atoms with E-state index in [0.29, 0.717) is 47.2 Å². The standard InChI is InChI=1S/C41H58O6/c1-24-16-19-41(26(3)42)21-20-39(7)28(35(41)25(24)2)12-14-33-38(6)23-30(44)36(37(4,5)32(38)17-18-40(33,39)8)47-34(45)15-11-27-10-13-31(46-9)29(43)22-27/h10-13,15,22,24-25,30,32-33,35-36,43-44H,14,16-21,23H2,1-9H3/b15-11+/t24-,25+,30-,32?,33?,35+,36-,38+,39-,40-,41-/m1/s1. The summed E-state index contributed by atoms with van der Waals surface area (Å²) < 4.78 is 11.2. The number of aliphatic hydroxyl groups is 1. The van der Waals surface area contributed by atoms with Crippen LogP contribution in [0, 0.1) is 56.7 Å². The number of aliphatic hydroxyl groups excluding tert-OH is 1. The van der Waals surface area contributed by atoms with Gasteiger partial charge in [-0.25, -0.2) is 4.79 Å². The summed E-state index contributed by atoms with van der Waals surface area (Å²) in [5.41, 5.74) is 1.52. The maximum absolute atomic E-state index is 13.4. The van der Waals surface area contributed by atoms with Gasteiger partial charge in [0.05, 0.1) is 13.2 Å². The lowest BCUT2D eigenvalue weighted by molar-refractivity contribution is -0.238. The van der Waals surface area contributed by atoms with Crippen molar-refractivity contribution in [2.45, 2.75) is 119 Å². The number of ketones is 1. The van der Waals surface area contributed by atoms with Crippen LogP contribution in [0.1, 0.15) is 112 Å². The zero-order valence-electron chi connectivity index (χ0n) is 30.2. The molecule has 5 aliphatic rings. The number of carbonyl (C=O) groups is 2. The number of carbonyl (C=O) groups excluding carboxylic acids is 2. The van der Waals surface area contributed by atoms with Gasteiger partial charge in [0.2, 0.25) is 0 Å². The van der Waals surface area contributed by atoms with Crippen LogP contribution in [-0.4, -0.2) is 41.3 Å². The first-order valence-corrected chi connectivity index (χ1v) is 18.1. The number of phenols is 1. The Hall–Kier alpha value is -2.60. The SMILES string of the molecule is COc1ccc(/C=C/C(=O)O[C@@H]2[C@H](O)C[C@@]3(C)C(CC[C@]4(C)C3CC=C3[C@@H]5[C@@H](C)[C@H](C)CC[C@]5(C(C)=O)CC[C@]34C)C2(C)C)cc1O. The minimum absolute atomic E-state index is 0.00295. The predicted octanol–water partition coefficient (Wildman–Crippen LogP) is 8.54. The minimum Gasteiger partial charge on any atom is -0.504 e. The van der Waals surface area contributed by atoms with Gasteiger partial charge in [0, 0.05) is 16.9 Å².